The molecular formula is C29H29N2O5+. The number of benzene rings is 3. The smallest absolute Gasteiger partial charge is 0.304 e. The van der Waals surface area contributed by atoms with Gasteiger partial charge >= 0.3 is 5.91 Å². The predicted molar refractivity (Wildman–Crippen MR) is 138 cm³/mol. The summed E-state index contributed by atoms with van der Waals surface area (Å²) in [6.07, 6.45) is 0.682. The van der Waals surface area contributed by atoms with Crippen LogP contribution in [0.25, 0.3) is 33.2 Å². The number of anilines is 1. The highest BCUT2D eigenvalue weighted by molar-refractivity contribution is 6.00. The van der Waals surface area contributed by atoms with Crippen LogP contribution in [0.2, 0.25) is 0 Å². The molecular weight excluding hydrogens is 456 g/mol. The van der Waals surface area contributed by atoms with Gasteiger partial charge in [0.2, 0.25) is 0 Å². The molecule has 2 heterocycles. The lowest BCUT2D eigenvalue weighted by atomic mass is 9.89. The average Bonchev–Trinajstić information content (AvgIpc) is 2.91. The summed E-state index contributed by atoms with van der Waals surface area (Å²) in [4.78, 5) is 12.2. The standard InChI is InChI=1S/C29H28N2O5/c1-17(34)30-29-24-12-21(16-33)20(15-32)11-19(24)13-26-25-14-23(18-7-5-4-6-8-18)28(36-3)27(35-2)22(25)9-10-31(26)29/h4-8,11-14,32-33H,9-10,15-16H2,1-3H3/p+1. The predicted octanol–water partition coefficient (Wildman–Crippen LogP) is 3.98. The Balaban J connectivity index is 1.86. The van der Waals surface area contributed by atoms with Crippen LogP contribution in [0.3, 0.4) is 0 Å². The molecule has 184 valence electrons. The first-order chi connectivity index (χ1) is 17.5. The summed E-state index contributed by atoms with van der Waals surface area (Å²) < 4.78 is 13.8. The maximum Gasteiger partial charge on any atom is 0.304 e. The van der Waals surface area contributed by atoms with E-state index >= 15 is 0 Å². The highest BCUT2D eigenvalue weighted by atomic mass is 16.5. The van der Waals surface area contributed by atoms with Gasteiger partial charge in [-0.2, -0.15) is 0 Å². The highest BCUT2D eigenvalue weighted by Gasteiger charge is 2.31. The molecule has 0 bridgehead atoms. The number of carbonyl (C=O) groups excluding carboxylic acids is 1. The topological polar surface area (TPSA) is 91.9 Å². The maximum atomic E-state index is 12.2. The lowest BCUT2D eigenvalue weighted by Crippen LogP contribution is -2.44. The SMILES string of the molecule is COc1c(-c2ccccc2)cc2c(c1OC)CC[n+]1c-2cc2cc(CO)c(CO)cc2c1NC(C)=O. The first-order valence-electron chi connectivity index (χ1n) is 11.9. The number of hydrogen-bond donors (Lipinski definition) is 3. The Hall–Kier alpha value is -3.94. The number of rotatable bonds is 6. The van der Waals surface area contributed by atoms with E-state index in [0.29, 0.717) is 41.4 Å². The van der Waals surface area contributed by atoms with Crippen molar-refractivity contribution in [3.63, 3.8) is 0 Å². The van der Waals surface area contributed by atoms with Crippen LogP contribution in [0.5, 0.6) is 11.5 Å². The molecule has 36 heavy (non-hydrogen) atoms. The lowest BCUT2D eigenvalue weighted by Gasteiger charge is -2.25. The molecule has 0 saturated carbocycles. The summed E-state index contributed by atoms with van der Waals surface area (Å²) >= 11 is 0. The van der Waals surface area contributed by atoms with Gasteiger partial charge < -0.3 is 19.7 Å². The largest absolute Gasteiger partial charge is 0.493 e. The van der Waals surface area contributed by atoms with Crippen LogP contribution in [0.4, 0.5) is 5.82 Å². The number of pyridine rings is 1. The second-order valence-corrected chi connectivity index (χ2v) is 8.87. The Kier molecular flexibility index (Phi) is 6.35. The fraction of sp³-hybridized carbons (Fsp3) is 0.241. The van der Waals surface area contributed by atoms with Crippen molar-refractivity contribution in [1.29, 1.82) is 0 Å². The number of aromatic nitrogens is 1. The number of nitrogens with zero attached hydrogens (tertiary/aromatic N) is 1. The molecule has 0 spiro atoms. The number of fused-ring (bicyclic) bond motifs is 4. The van der Waals surface area contributed by atoms with Crippen LogP contribution in [-0.2, 0) is 31.0 Å². The van der Waals surface area contributed by atoms with E-state index in [1.54, 1.807) is 14.2 Å². The minimum atomic E-state index is -0.201. The van der Waals surface area contributed by atoms with Gasteiger partial charge in [-0.25, -0.2) is 14.7 Å². The van der Waals surface area contributed by atoms with E-state index in [4.69, 9.17) is 9.47 Å². The fourth-order valence-corrected chi connectivity index (χ4v) is 5.21. The van der Waals surface area contributed by atoms with Crippen LogP contribution in [0.1, 0.15) is 23.6 Å². The van der Waals surface area contributed by atoms with E-state index in [2.05, 4.69) is 22.0 Å². The number of nitrogens with one attached hydrogen (secondary N) is 1. The Morgan fingerprint density at radius 2 is 1.64 bits per heavy atom. The van der Waals surface area contributed by atoms with Gasteiger partial charge in [-0.1, -0.05) is 30.3 Å². The van der Waals surface area contributed by atoms with Crippen molar-refractivity contribution in [2.24, 2.45) is 0 Å². The van der Waals surface area contributed by atoms with Crippen molar-refractivity contribution < 1.29 is 29.0 Å². The van der Waals surface area contributed by atoms with Crippen LogP contribution >= 0.6 is 0 Å². The molecule has 1 aromatic heterocycles. The average molecular weight is 486 g/mol. The van der Waals surface area contributed by atoms with Crippen molar-refractivity contribution in [3.8, 4) is 33.9 Å². The quantitative estimate of drug-likeness (QED) is 0.360. The van der Waals surface area contributed by atoms with Crippen molar-refractivity contribution >= 4 is 22.5 Å². The van der Waals surface area contributed by atoms with Gasteiger partial charge in [0.05, 0.1) is 39.4 Å². The monoisotopic (exact) mass is 485 g/mol. The van der Waals surface area contributed by atoms with E-state index in [1.165, 1.54) is 6.92 Å². The molecule has 7 heteroatoms. The van der Waals surface area contributed by atoms with Crippen LogP contribution in [0.15, 0.2) is 54.6 Å². The third kappa shape index (κ3) is 3.86. The van der Waals surface area contributed by atoms with Crippen molar-refractivity contribution in [1.82, 2.24) is 0 Å². The molecule has 0 saturated heterocycles. The van der Waals surface area contributed by atoms with Crippen LogP contribution in [0, 0.1) is 0 Å². The molecule has 1 aliphatic rings. The molecule has 3 N–H and O–H groups in total. The number of methoxy groups -OCH3 is 2. The minimum Gasteiger partial charge on any atom is -0.493 e. The van der Waals surface area contributed by atoms with Crippen molar-refractivity contribution in [2.45, 2.75) is 33.1 Å². The van der Waals surface area contributed by atoms with E-state index in [-0.39, 0.29) is 19.1 Å². The van der Waals surface area contributed by atoms with Crippen molar-refractivity contribution in [3.05, 3.63) is 71.3 Å². The lowest BCUT2D eigenvalue weighted by molar-refractivity contribution is -0.672. The molecule has 0 fully saturated rings. The summed E-state index contributed by atoms with van der Waals surface area (Å²) in [6.45, 7) is 1.71. The number of amides is 1. The van der Waals surface area contributed by atoms with Gasteiger partial charge in [0.1, 0.15) is 5.69 Å². The van der Waals surface area contributed by atoms with Gasteiger partial charge in [-0.3, -0.25) is 0 Å². The molecule has 1 amide bonds. The van der Waals surface area contributed by atoms with E-state index in [9.17, 15) is 15.0 Å². The normalized spacial score (nSPS) is 12.1. The molecule has 0 atom stereocenters. The van der Waals surface area contributed by atoms with E-state index < -0.39 is 0 Å². The summed E-state index contributed by atoms with van der Waals surface area (Å²) in [5.41, 5.74) is 6.15. The zero-order chi connectivity index (χ0) is 25.4. The number of carbonyl (C=O) groups is 1. The van der Waals surface area contributed by atoms with E-state index in [1.807, 2.05) is 42.5 Å². The number of aliphatic hydroxyl groups is 2. The summed E-state index contributed by atoms with van der Waals surface area (Å²) in [5, 5.41) is 24.4. The molecule has 0 aliphatic carbocycles. The zero-order valence-electron chi connectivity index (χ0n) is 20.6. The minimum absolute atomic E-state index is 0.183. The number of hydrogen-bond acceptors (Lipinski definition) is 5. The van der Waals surface area contributed by atoms with Gasteiger partial charge in [-0.05, 0) is 46.3 Å². The molecule has 7 nitrogen and oxygen atoms in total. The molecule has 3 aromatic carbocycles. The molecule has 4 aromatic rings. The second-order valence-electron chi connectivity index (χ2n) is 8.87. The third-order valence-corrected chi connectivity index (χ3v) is 6.81. The molecule has 0 radical (unpaired) electrons. The fourth-order valence-electron chi connectivity index (χ4n) is 5.21. The number of aliphatic hydroxyl groups excluding tert-OH is 2. The zero-order valence-corrected chi connectivity index (χ0v) is 20.6. The molecule has 0 unspecified atom stereocenters. The Morgan fingerprint density at radius 3 is 2.28 bits per heavy atom. The highest BCUT2D eigenvalue weighted by Crippen LogP contribution is 2.47. The molecule has 5 rings (SSSR count). The van der Waals surface area contributed by atoms with Crippen LogP contribution < -0.4 is 19.4 Å². The third-order valence-electron chi connectivity index (χ3n) is 6.81. The van der Waals surface area contributed by atoms with Gasteiger partial charge in [0.15, 0.2) is 11.5 Å². The summed E-state index contributed by atoms with van der Waals surface area (Å²) in [6, 6.07) is 17.9. The van der Waals surface area contributed by atoms with Gasteiger partial charge in [0, 0.05) is 30.0 Å². The summed E-state index contributed by atoms with van der Waals surface area (Å²) in [5.74, 6) is 1.87. The van der Waals surface area contributed by atoms with Gasteiger partial charge in [-0.15, -0.1) is 0 Å². The Labute approximate surface area is 209 Å². The van der Waals surface area contributed by atoms with E-state index in [0.717, 1.165) is 38.7 Å². The Bertz CT molecular complexity index is 1480. The van der Waals surface area contributed by atoms with Crippen LogP contribution in [-0.4, -0.2) is 30.3 Å². The number of ether oxygens (including phenoxy) is 2. The Morgan fingerprint density at radius 1 is 0.944 bits per heavy atom. The summed E-state index contributed by atoms with van der Waals surface area (Å²) in [7, 11) is 3.31. The first-order valence-corrected chi connectivity index (χ1v) is 11.9. The maximum absolute atomic E-state index is 12.2. The van der Waals surface area contributed by atoms with Crippen molar-refractivity contribution in [2.75, 3.05) is 19.5 Å². The molecule has 1 aliphatic heterocycles. The van der Waals surface area contributed by atoms with Gasteiger partial charge in [0.25, 0.3) is 5.82 Å². The first kappa shape index (κ1) is 23.8. The second kappa shape index (κ2) is 9.60.